The highest BCUT2D eigenvalue weighted by Gasteiger charge is 2.27. The van der Waals surface area contributed by atoms with Crippen molar-refractivity contribution in [3.63, 3.8) is 0 Å². The van der Waals surface area contributed by atoms with E-state index < -0.39 is 18.6 Å². The second kappa shape index (κ2) is 7.44. The van der Waals surface area contributed by atoms with Crippen molar-refractivity contribution in [3.8, 4) is 0 Å². The maximum Gasteiger partial charge on any atom is 0.401 e. The Morgan fingerprint density at radius 3 is 2.45 bits per heavy atom. The Morgan fingerprint density at radius 2 is 1.85 bits per heavy atom. The van der Waals surface area contributed by atoms with Crippen molar-refractivity contribution in [1.29, 1.82) is 0 Å². The summed E-state index contributed by atoms with van der Waals surface area (Å²) in [7, 11) is 0. The topological polar surface area (TPSA) is 78.7 Å². The largest absolute Gasteiger partial charge is 0.401 e. The SMILES string of the molecule is NC(=O)CN1CCCN(C(=O)CNCC(F)(F)F)CC1. The number of carbonyl (C=O) groups excluding carboxylic acids is 2. The minimum atomic E-state index is -4.32. The maximum absolute atomic E-state index is 11.9. The molecule has 1 aliphatic rings. The molecule has 1 heterocycles. The Balaban J connectivity index is 2.33. The van der Waals surface area contributed by atoms with Crippen LogP contribution >= 0.6 is 0 Å². The van der Waals surface area contributed by atoms with Gasteiger partial charge in [0.05, 0.1) is 19.6 Å². The van der Waals surface area contributed by atoms with Gasteiger partial charge in [0, 0.05) is 26.2 Å². The van der Waals surface area contributed by atoms with E-state index in [-0.39, 0.29) is 19.0 Å². The summed E-state index contributed by atoms with van der Waals surface area (Å²) < 4.78 is 35.8. The zero-order valence-corrected chi connectivity index (χ0v) is 11.1. The molecule has 0 bridgehead atoms. The standard InChI is InChI=1S/C11H19F3N4O2/c12-11(13,14)8-16-6-10(20)18-3-1-2-17(4-5-18)7-9(15)19/h16H,1-8H2,(H2,15,19). The predicted octanol–water partition coefficient (Wildman–Crippen LogP) is -0.842. The van der Waals surface area contributed by atoms with Crippen LogP contribution in [0.4, 0.5) is 13.2 Å². The Morgan fingerprint density at radius 1 is 1.15 bits per heavy atom. The van der Waals surface area contributed by atoms with E-state index in [2.05, 4.69) is 5.32 Å². The summed E-state index contributed by atoms with van der Waals surface area (Å²) in [6.07, 6.45) is -3.66. The monoisotopic (exact) mass is 296 g/mol. The number of nitrogens with two attached hydrogens (primary N) is 1. The second-order valence-corrected chi connectivity index (χ2v) is 4.70. The molecule has 20 heavy (non-hydrogen) atoms. The average molecular weight is 296 g/mol. The van der Waals surface area contributed by atoms with Crippen molar-refractivity contribution in [2.75, 3.05) is 45.8 Å². The van der Waals surface area contributed by atoms with E-state index in [4.69, 9.17) is 5.73 Å². The third-order valence-corrected chi connectivity index (χ3v) is 2.92. The van der Waals surface area contributed by atoms with Crippen LogP contribution in [0.1, 0.15) is 6.42 Å². The number of primary amides is 1. The molecule has 9 heteroatoms. The molecule has 0 aromatic heterocycles. The third kappa shape index (κ3) is 6.71. The van der Waals surface area contributed by atoms with Gasteiger partial charge in [-0.3, -0.25) is 14.5 Å². The number of hydrogen-bond acceptors (Lipinski definition) is 4. The molecular weight excluding hydrogens is 277 g/mol. The maximum atomic E-state index is 11.9. The quantitative estimate of drug-likeness (QED) is 0.693. The molecule has 1 aliphatic heterocycles. The van der Waals surface area contributed by atoms with Gasteiger partial charge in [-0.05, 0) is 6.42 Å². The number of alkyl halides is 3. The number of hydrogen-bond donors (Lipinski definition) is 2. The van der Waals surface area contributed by atoms with E-state index in [1.807, 2.05) is 4.90 Å². The van der Waals surface area contributed by atoms with Gasteiger partial charge in [-0.1, -0.05) is 0 Å². The number of nitrogens with zero attached hydrogens (tertiary/aromatic N) is 2. The lowest BCUT2D eigenvalue weighted by molar-refractivity contribution is -0.134. The summed E-state index contributed by atoms with van der Waals surface area (Å²) in [6, 6.07) is 0. The van der Waals surface area contributed by atoms with E-state index in [9.17, 15) is 22.8 Å². The van der Waals surface area contributed by atoms with Gasteiger partial charge in [0.1, 0.15) is 0 Å². The predicted molar refractivity (Wildman–Crippen MR) is 65.8 cm³/mol. The fraction of sp³-hybridized carbons (Fsp3) is 0.818. The van der Waals surface area contributed by atoms with Crippen molar-refractivity contribution in [2.24, 2.45) is 5.73 Å². The van der Waals surface area contributed by atoms with E-state index >= 15 is 0 Å². The number of nitrogens with one attached hydrogen (secondary N) is 1. The minimum Gasteiger partial charge on any atom is -0.369 e. The zero-order valence-electron chi connectivity index (χ0n) is 11.1. The Labute approximate surface area is 115 Å². The van der Waals surface area contributed by atoms with Crippen molar-refractivity contribution >= 4 is 11.8 Å². The van der Waals surface area contributed by atoms with Crippen LogP contribution in [-0.4, -0.2) is 73.6 Å². The Bertz CT molecular complexity index is 349. The number of halogens is 3. The fourth-order valence-corrected chi connectivity index (χ4v) is 2.02. The molecule has 0 saturated carbocycles. The number of carbonyl (C=O) groups is 2. The highest BCUT2D eigenvalue weighted by Crippen LogP contribution is 2.12. The van der Waals surface area contributed by atoms with E-state index in [0.29, 0.717) is 32.6 Å². The van der Waals surface area contributed by atoms with Crippen molar-refractivity contribution in [1.82, 2.24) is 15.1 Å². The third-order valence-electron chi connectivity index (χ3n) is 2.92. The van der Waals surface area contributed by atoms with Crippen LogP contribution in [0.3, 0.4) is 0 Å². The Kier molecular flexibility index (Phi) is 6.21. The molecule has 0 atom stereocenters. The van der Waals surface area contributed by atoms with E-state index in [0.717, 1.165) is 0 Å². The highest BCUT2D eigenvalue weighted by molar-refractivity contribution is 5.78. The molecule has 3 N–H and O–H groups in total. The molecule has 1 fully saturated rings. The average Bonchev–Trinajstić information content (AvgIpc) is 2.52. The highest BCUT2D eigenvalue weighted by atomic mass is 19.4. The first-order chi connectivity index (χ1) is 9.28. The molecule has 0 aromatic carbocycles. The van der Waals surface area contributed by atoms with Crippen LogP contribution in [0.15, 0.2) is 0 Å². The molecule has 0 radical (unpaired) electrons. The van der Waals surface area contributed by atoms with Crippen LogP contribution in [0, 0.1) is 0 Å². The normalized spacial score (nSPS) is 17.9. The van der Waals surface area contributed by atoms with Crippen LogP contribution in [0.5, 0.6) is 0 Å². The van der Waals surface area contributed by atoms with Crippen molar-refractivity contribution in [3.05, 3.63) is 0 Å². The van der Waals surface area contributed by atoms with E-state index in [1.54, 1.807) is 0 Å². The molecular formula is C11H19F3N4O2. The lowest BCUT2D eigenvalue weighted by Gasteiger charge is -2.21. The summed E-state index contributed by atoms with van der Waals surface area (Å²) in [5, 5.41) is 2.08. The molecule has 0 aromatic rings. The molecule has 6 nitrogen and oxygen atoms in total. The van der Waals surface area contributed by atoms with Crippen LogP contribution < -0.4 is 11.1 Å². The Hall–Kier alpha value is -1.35. The summed E-state index contributed by atoms with van der Waals surface area (Å²) in [4.78, 5) is 25.9. The van der Waals surface area contributed by atoms with Gasteiger partial charge >= 0.3 is 6.18 Å². The molecule has 0 aliphatic carbocycles. The summed E-state index contributed by atoms with van der Waals surface area (Å²) in [5.74, 6) is -0.799. The van der Waals surface area contributed by atoms with Gasteiger partial charge < -0.3 is 16.0 Å². The van der Waals surface area contributed by atoms with Gasteiger partial charge in [-0.15, -0.1) is 0 Å². The van der Waals surface area contributed by atoms with E-state index in [1.165, 1.54) is 4.90 Å². The minimum absolute atomic E-state index is 0.133. The fourth-order valence-electron chi connectivity index (χ4n) is 2.02. The molecule has 1 rings (SSSR count). The summed E-state index contributed by atoms with van der Waals surface area (Å²) in [6.45, 7) is 0.613. The van der Waals surface area contributed by atoms with Crippen molar-refractivity contribution in [2.45, 2.75) is 12.6 Å². The molecule has 2 amide bonds. The van der Waals surface area contributed by atoms with Gasteiger partial charge in [0.2, 0.25) is 11.8 Å². The lowest BCUT2D eigenvalue weighted by Crippen LogP contribution is -2.43. The van der Waals surface area contributed by atoms with Crippen LogP contribution in [-0.2, 0) is 9.59 Å². The first-order valence-corrected chi connectivity index (χ1v) is 6.34. The van der Waals surface area contributed by atoms with Crippen LogP contribution in [0.2, 0.25) is 0 Å². The molecule has 116 valence electrons. The van der Waals surface area contributed by atoms with Gasteiger partial charge in [0.15, 0.2) is 0 Å². The van der Waals surface area contributed by atoms with Crippen molar-refractivity contribution < 1.29 is 22.8 Å². The molecule has 0 unspecified atom stereocenters. The summed E-state index contributed by atoms with van der Waals surface area (Å²) >= 11 is 0. The second-order valence-electron chi connectivity index (χ2n) is 4.70. The smallest absolute Gasteiger partial charge is 0.369 e. The lowest BCUT2D eigenvalue weighted by atomic mass is 10.3. The molecule has 0 spiro atoms. The zero-order chi connectivity index (χ0) is 15.2. The van der Waals surface area contributed by atoms with Gasteiger partial charge in [-0.2, -0.15) is 13.2 Å². The number of amides is 2. The molecule has 1 saturated heterocycles. The number of rotatable bonds is 5. The summed E-state index contributed by atoms with van der Waals surface area (Å²) in [5.41, 5.74) is 5.10. The van der Waals surface area contributed by atoms with Gasteiger partial charge in [-0.25, -0.2) is 0 Å². The van der Waals surface area contributed by atoms with Crippen LogP contribution in [0.25, 0.3) is 0 Å². The first-order valence-electron chi connectivity index (χ1n) is 6.34. The first kappa shape index (κ1) is 16.7. The van der Waals surface area contributed by atoms with Gasteiger partial charge in [0.25, 0.3) is 0 Å².